The van der Waals surface area contributed by atoms with Gasteiger partial charge >= 0.3 is 0 Å². The largest absolute Gasteiger partial charge is 0.389 e. The molecule has 1 fully saturated rings. The van der Waals surface area contributed by atoms with E-state index in [2.05, 4.69) is 39.5 Å². The molecule has 4 heteroatoms. The molecule has 0 amide bonds. The highest BCUT2D eigenvalue weighted by Gasteiger charge is 2.33. The molecule has 2 aromatic rings. The van der Waals surface area contributed by atoms with Gasteiger partial charge < -0.3 is 10.0 Å². The van der Waals surface area contributed by atoms with Crippen molar-refractivity contribution in [1.29, 1.82) is 0 Å². The molecule has 0 unspecified atom stereocenters. The lowest BCUT2D eigenvalue weighted by Crippen LogP contribution is -2.45. The fraction of sp³-hybridized carbons (Fsp3) is 0.438. The Hall–Kier alpha value is -1.39. The van der Waals surface area contributed by atoms with Crippen molar-refractivity contribution in [1.82, 2.24) is 4.98 Å². The van der Waals surface area contributed by atoms with Crippen molar-refractivity contribution < 1.29 is 5.11 Å². The Morgan fingerprint density at radius 2 is 1.95 bits per heavy atom. The number of nitrogens with zero attached hydrogens (tertiary/aromatic N) is 2. The number of aromatic nitrogens is 1. The van der Waals surface area contributed by atoms with E-state index in [1.54, 1.807) is 11.3 Å². The summed E-state index contributed by atoms with van der Waals surface area (Å²) in [6.07, 6.45) is 2.30. The van der Waals surface area contributed by atoms with Gasteiger partial charge in [0, 0.05) is 36.3 Å². The molecule has 2 heterocycles. The number of aliphatic hydroxyl groups is 1. The minimum Gasteiger partial charge on any atom is -0.389 e. The number of hydrogen-bond acceptors (Lipinski definition) is 4. The fourth-order valence-electron chi connectivity index (χ4n) is 2.76. The standard InChI is InChI=1S/C16H20N2OS/c1-13-12-20-15(17-13)11-16(19)7-9-18(10-8-16)14-5-3-2-4-6-14/h2-6,12,19H,7-11H2,1H3. The van der Waals surface area contributed by atoms with Crippen molar-refractivity contribution >= 4 is 17.0 Å². The monoisotopic (exact) mass is 288 g/mol. The maximum absolute atomic E-state index is 10.7. The molecule has 1 aromatic carbocycles. The molecule has 1 saturated heterocycles. The second-order valence-corrected chi connectivity index (χ2v) is 6.55. The van der Waals surface area contributed by atoms with E-state index in [1.807, 2.05) is 13.0 Å². The summed E-state index contributed by atoms with van der Waals surface area (Å²) in [5, 5.41) is 13.8. The first-order chi connectivity index (χ1) is 9.65. The molecule has 3 rings (SSSR count). The Balaban J connectivity index is 1.62. The summed E-state index contributed by atoms with van der Waals surface area (Å²) in [5.41, 5.74) is 1.71. The van der Waals surface area contributed by atoms with Crippen molar-refractivity contribution in [3.63, 3.8) is 0 Å². The average molecular weight is 288 g/mol. The van der Waals surface area contributed by atoms with Gasteiger partial charge in [-0.3, -0.25) is 0 Å². The summed E-state index contributed by atoms with van der Waals surface area (Å²) < 4.78 is 0. The Labute approximate surface area is 123 Å². The zero-order valence-corrected chi connectivity index (χ0v) is 12.6. The first kappa shape index (κ1) is 13.6. The average Bonchev–Trinajstić information content (AvgIpc) is 2.85. The van der Waals surface area contributed by atoms with Crippen molar-refractivity contribution in [3.8, 4) is 0 Å². The zero-order chi connectivity index (χ0) is 14.0. The van der Waals surface area contributed by atoms with E-state index >= 15 is 0 Å². The van der Waals surface area contributed by atoms with Crippen LogP contribution in [0, 0.1) is 6.92 Å². The van der Waals surface area contributed by atoms with Gasteiger partial charge in [0.05, 0.1) is 10.6 Å². The van der Waals surface area contributed by atoms with Gasteiger partial charge in [-0.1, -0.05) is 18.2 Å². The fourth-order valence-corrected chi connectivity index (χ4v) is 3.67. The molecule has 0 spiro atoms. The first-order valence-corrected chi connectivity index (χ1v) is 7.96. The Kier molecular flexibility index (Phi) is 3.76. The third-order valence-corrected chi connectivity index (χ3v) is 4.93. The second kappa shape index (κ2) is 5.54. The minimum absolute atomic E-state index is 0.588. The van der Waals surface area contributed by atoms with Crippen LogP contribution in [0.2, 0.25) is 0 Å². The number of aryl methyl sites for hydroxylation is 1. The van der Waals surface area contributed by atoms with Crippen LogP contribution in [-0.2, 0) is 6.42 Å². The first-order valence-electron chi connectivity index (χ1n) is 7.08. The molecule has 0 aliphatic carbocycles. The van der Waals surface area contributed by atoms with Gasteiger partial charge in [0.2, 0.25) is 0 Å². The van der Waals surface area contributed by atoms with E-state index in [-0.39, 0.29) is 0 Å². The van der Waals surface area contributed by atoms with Crippen LogP contribution in [-0.4, -0.2) is 28.8 Å². The van der Waals surface area contributed by atoms with E-state index in [4.69, 9.17) is 0 Å². The van der Waals surface area contributed by atoms with E-state index in [0.717, 1.165) is 36.6 Å². The molecule has 0 radical (unpaired) electrons. The smallest absolute Gasteiger partial charge is 0.0956 e. The van der Waals surface area contributed by atoms with Crippen LogP contribution in [0.25, 0.3) is 0 Å². The van der Waals surface area contributed by atoms with Crippen LogP contribution in [0.15, 0.2) is 35.7 Å². The molecule has 1 aromatic heterocycles. The Morgan fingerprint density at radius 3 is 2.55 bits per heavy atom. The van der Waals surface area contributed by atoms with Crippen LogP contribution in [0.4, 0.5) is 5.69 Å². The summed E-state index contributed by atoms with van der Waals surface area (Å²) in [5.74, 6) is 0. The SMILES string of the molecule is Cc1csc(CC2(O)CCN(c3ccccc3)CC2)n1. The van der Waals surface area contributed by atoms with Crippen molar-refractivity contribution in [2.24, 2.45) is 0 Å². The summed E-state index contributed by atoms with van der Waals surface area (Å²) in [7, 11) is 0. The molecule has 1 N–H and O–H groups in total. The molecule has 20 heavy (non-hydrogen) atoms. The number of anilines is 1. The number of piperidine rings is 1. The normalized spacial score (nSPS) is 18.2. The summed E-state index contributed by atoms with van der Waals surface area (Å²) in [4.78, 5) is 6.82. The molecule has 106 valence electrons. The molecule has 0 atom stereocenters. The van der Waals surface area contributed by atoms with Crippen LogP contribution in [0.1, 0.15) is 23.5 Å². The molecule has 1 aliphatic rings. The van der Waals surface area contributed by atoms with E-state index in [9.17, 15) is 5.11 Å². The van der Waals surface area contributed by atoms with E-state index < -0.39 is 5.60 Å². The molecular formula is C16H20N2OS. The molecular weight excluding hydrogens is 268 g/mol. The van der Waals surface area contributed by atoms with E-state index in [0.29, 0.717) is 6.42 Å². The topological polar surface area (TPSA) is 36.4 Å². The van der Waals surface area contributed by atoms with Crippen molar-refractivity contribution in [2.75, 3.05) is 18.0 Å². The van der Waals surface area contributed by atoms with Crippen LogP contribution >= 0.6 is 11.3 Å². The lowest BCUT2D eigenvalue weighted by Gasteiger charge is -2.39. The number of thiazole rings is 1. The van der Waals surface area contributed by atoms with Gasteiger partial charge in [-0.2, -0.15) is 0 Å². The summed E-state index contributed by atoms with van der Waals surface area (Å²) >= 11 is 1.65. The number of hydrogen-bond donors (Lipinski definition) is 1. The minimum atomic E-state index is -0.588. The molecule has 3 nitrogen and oxygen atoms in total. The van der Waals surface area contributed by atoms with Crippen LogP contribution < -0.4 is 4.90 Å². The third kappa shape index (κ3) is 3.02. The Morgan fingerprint density at radius 1 is 1.25 bits per heavy atom. The van der Waals surface area contributed by atoms with Gasteiger partial charge in [0.1, 0.15) is 0 Å². The maximum Gasteiger partial charge on any atom is 0.0956 e. The van der Waals surface area contributed by atoms with Gasteiger partial charge in [-0.05, 0) is 31.9 Å². The van der Waals surface area contributed by atoms with Crippen LogP contribution in [0.3, 0.4) is 0 Å². The van der Waals surface area contributed by atoms with Gasteiger partial charge in [0.15, 0.2) is 0 Å². The van der Waals surface area contributed by atoms with E-state index in [1.165, 1.54) is 5.69 Å². The van der Waals surface area contributed by atoms with Gasteiger partial charge in [-0.25, -0.2) is 4.98 Å². The summed E-state index contributed by atoms with van der Waals surface area (Å²) in [6, 6.07) is 10.4. The highest BCUT2D eigenvalue weighted by atomic mass is 32.1. The number of para-hydroxylation sites is 1. The summed E-state index contributed by atoms with van der Waals surface area (Å²) in [6.45, 7) is 3.82. The van der Waals surface area contributed by atoms with Crippen LogP contribution in [0.5, 0.6) is 0 Å². The van der Waals surface area contributed by atoms with Gasteiger partial charge in [-0.15, -0.1) is 11.3 Å². The predicted octanol–water partition coefficient (Wildman–Crippen LogP) is 3.03. The van der Waals surface area contributed by atoms with Gasteiger partial charge in [0.25, 0.3) is 0 Å². The molecule has 0 bridgehead atoms. The maximum atomic E-state index is 10.7. The molecule has 0 saturated carbocycles. The highest BCUT2D eigenvalue weighted by molar-refractivity contribution is 7.09. The zero-order valence-electron chi connectivity index (χ0n) is 11.7. The lowest BCUT2D eigenvalue weighted by atomic mass is 9.88. The van der Waals surface area contributed by atoms with Crippen molar-refractivity contribution in [2.45, 2.75) is 31.8 Å². The second-order valence-electron chi connectivity index (χ2n) is 5.61. The lowest BCUT2D eigenvalue weighted by molar-refractivity contribution is 0.0165. The molecule has 1 aliphatic heterocycles. The van der Waals surface area contributed by atoms with Crippen molar-refractivity contribution in [3.05, 3.63) is 46.4 Å². The number of rotatable bonds is 3. The Bertz CT molecular complexity index is 559. The quantitative estimate of drug-likeness (QED) is 0.943. The third-order valence-electron chi connectivity index (χ3n) is 3.96. The highest BCUT2D eigenvalue weighted by Crippen LogP contribution is 2.29. The number of benzene rings is 1. The predicted molar refractivity (Wildman–Crippen MR) is 83.4 cm³/mol.